The molecular formula is C6H6N2O5. The van der Waals surface area contributed by atoms with Gasteiger partial charge >= 0.3 is 11.7 Å². The molecule has 0 aliphatic carbocycles. The highest BCUT2D eigenvalue weighted by atomic mass is 16.5. The zero-order valence-corrected chi connectivity index (χ0v) is 6.58. The van der Waals surface area contributed by atoms with Crippen LogP contribution in [0.25, 0.3) is 0 Å². The SMILES string of the molecule is COc1c(C(=O)O)[nH]c(=O)[nH]c1=O. The Labute approximate surface area is 71.0 Å². The largest absolute Gasteiger partial charge is 0.489 e. The highest BCUT2D eigenvalue weighted by Gasteiger charge is 2.15. The van der Waals surface area contributed by atoms with E-state index in [1.807, 2.05) is 9.97 Å². The molecule has 1 aromatic rings. The van der Waals surface area contributed by atoms with Crippen molar-refractivity contribution in [2.24, 2.45) is 0 Å². The zero-order chi connectivity index (χ0) is 10.0. The molecule has 1 aromatic heterocycles. The van der Waals surface area contributed by atoms with Gasteiger partial charge in [-0.1, -0.05) is 0 Å². The van der Waals surface area contributed by atoms with Crippen LogP contribution in [0, 0.1) is 0 Å². The molecule has 3 N–H and O–H groups in total. The van der Waals surface area contributed by atoms with Gasteiger partial charge in [0.1, 0.15) is 0 Å². The fraction of sp³-hybridized carbons (Fsp3) is 0.167. The van der Waals surface area contributed by atoms with Gasteiger partial charge in [-0.05, 0) is 0 Å². The third kappa shape index (κ3) is 1.58. The van der Waals surface area contributed by atoms with E-state index >= 15 is 0 Å². The van der Waals surface area contributed by atoms with Crippen molar-refractivity contribution >= 4 is 5.97 Å². The van der Waals surface area contributed by atoms with Gasteiger partial charge in [0.2, 0.25) is 5.75 Å². The molecule has 13 heavy (non-hydrogen) atoms. The van der Waals surface area contributed by atoms with Crippen molar-refractivity contribution in [1.29, 1.82) is 0 Å². The summed E-state index contributed by atoms with van der Waals surface area (Å²) in [7, 11) is 1.13. The average Bonchev–Trinajstić information content (AvgIpc) is 2.02. The predicted octanol–water partition coefficient (Wildman–Crippen LogP) is -1.23. The first-order valence-electron chi connectivity index (χ1n) is 3.20. The number of aromatic carboxylic acids is 1. The summed E-state index contributed by atoms with van der Waals surface area (Å²) in [6, 6.07) is 0. The number of aromatic nitrogens is 2. The molecule has 0 atom stereocenters. The predicted molar refractivity (Wildman–Crippen MR) is 41.2 cm³/mol. The topological polar surface area (TPSA) is 112 Å². The number of rotatable bonds is 2. The van der Waals surface area contributed by atoms with Crippen LogP contribution in [0.3, 0.4) is 0 Å². The molecule has 0 amide bonds. The molecule has 7 nitrogen and oxygen atoms in total. The molecule has 0 unspecified atom stereocenters. The van der Waals surface area contributed by atoms with Crippen LogP contribution in [-0.4, -0.2) is 28.2 Å². The third-order valence-electron chi connectivity index (χ3n) is 1.32. The Balaban J connectivity index is 3.57. The minimum atomic E-state index is -1.43. The van der Waals surface area contributed by atoms with Crippen LogP contribution >= 0.6 is 0 Å². The van der Waals surface area contributed by atoms with Crippen molar-refractivity contribution < 1.29 is 14.6 Å². The average molecular weight is 186 g/mol. The Kier molecular flexibility index (Phi) is 2.18. The number of H-pyrrole nitrogens is 2. The summed E-state index contributed by atoms with van der Waals surface area (Å²) < 4.78 is 4.50. The minimum Gasteiger partial charge on any atom is -0.489 e. The number of hydrogen-bond acceptors (Lipinski definition) is 4. The summed E-state index contributed by atoms with van der Waals surface area (Å²) in [6.07, 6.45) is 0. The standard InChI is InChI=1S/C6H6N2O5/c1-13-3-2(5(10)11)7-6(12)8-4(3)9/h1H3,(H,10,11)(H2,7,8,9,12). The number of hydrogen-bond donors (Lipinski definition) is 3. The van der Waals surface area contributed by atoms with Gasteiger partial charge in [-0.3, -0.25) is 14.8 Å². The van der Waals surface area contributed by atoms with Crippen LogP contribution in [0.2, 0.25) is 0 Å². The van der Waals surface area contributed by atoms with Gasteiger partial charge in [-0.2, -0.15) is 0 Å². The Bertz CT molecular complexity index is 443. The van der Waals surface area contributed by atoms with Gasteiger partial charge in [0.25, 0.3) is 5.56 Å². The van der Waals surface area contributed by atoms with E-state index in [0.717, 1.165) is 7.11 Å². The lowest BCUT2D eigenvalue weighted by molar-refractivity contribution is 0.0685. The molecule has 0 aromatic carbocycles. The monoisotopic (exact) mass is 186 g/mol. The fourth-order valence-corrected chi connectivity index (χ4v) is 0.820. The van der Waals surface area contributed by atoms with Crippen LogP contribution in [0.4, 0.5) is 0 Å². The summed E-state index contributed by atoms with van der Waals surface area (Å²) in [5.74, 6) is -1.85. The quantitative estimate of drug-likeness (QED) is 0.535. The molecule has 1 rings (SSSR count). The molecule has 0 saturated heterocycles. The summed E-state index contributed by atoms with van der Waals surface area (Å²) in [5, 5.41) is 8.54. The van der Waals surface area contributed by atoms with Crippen molar-refractivity contribution in [1.82, 2.24) is 9.97 Å². The molecule has 0 bridgehead atoms. The maximum atomic E-state index is 10.9. The first-order valence-corrected chi connectivity index (χ1v) is 3.20. The number of ether oxygens (including phenoxy) is 1. The third-order valence-corrected chi connectivity index (χ3v) is 1.32. The summed E-state index contributed by atoms with van der Waals surface area (Å²) in [4.78, 5) is 35.8. The fourth-order valence-electron chi connectivity index (χ4n) is 0.820. The van der Waals surface area contributed by atoms with Gasteiger partial charge < -0.3 is 9.84 Å². The maximum absolute atomic E-state index is 10.9. The van der Waals surface area contributed by atoms with Crippen molar-refractivity contribution in [2.75, 3.05) is 7.11 Å². The molecule has 0 aliphatic heterocycles. The lowest BCUT2D eigenvalue weighted by Crippen LogP contribution is -2.27. The Hall–Kier alpha value is -2.05. The first-order chi connectivity index (χ1) is 6.06. The molecule has 70 valence electrons. The van der Waals surface area contributed by atoms with Crippen molar-refractivity contribution in [3.05, 3.63) is 26.5 Å². The number of nitrogens with one attached hydrogen (secondary N) is 2. The van der Waals surface area contributed by atoms with E-state index in [0.29, 0.717) is 0 Å². The smallest absolute Gasteiger partial charge is 0.356 e. The molecule has 0 radical (unpaired) electrons. The summed E-state index contributed by atoms with van der Waals surface area (Å²) in [5.41, 5.74) is -2.32. The van der Waals surface area contributed by atoms with Gasteiger partial charge in [0.05, 0.1) is 7.11 Å². The normalized spacial score (nSPS) is 9.62. The van der Waals surface area contributed by atoms with E-state index in [-0.39, 0.29) is 0 Å². The van der Waals surface area contributed by atoms with E-state index in [1.54, 1.807) is 0 Å². The summed E-state index contributed by atoms with van der Waals surface area (Å²) >= 11 is 0. The number of carboxylic acid groups (broad SMARTS) is 1. The van der Waals surface area contributed by atoms with Crippen LogP contribution < -0.4 is 16.0 Å². The van der Waals surface area contributed by atoms with E-state index in [2.05, 4.69) is 4.74 Å². The van der Waals surface area contributed by atoms with E-state index in [4.69, 9.17) is 5.11 Å². The zero-order valence-electron chi connectivity index (χ0n) is 6.58. The van der Waals surface area contributed by atoms with Crippen molar-refractivity contribution in [2.45, 2.75) is 0 Å². The molecule has 1 heterocycles. The second-order valence-corrected chi connectivity index (χ2v) is 2.12. The number of aromatic amines is 2. The molecule has 0 saturated carbocycles. The Morgan fingerprint density at radius 3 is 2.46 bits per heavy atom. The Morgan fingerprint density at radius 2 is 2.00 bits per heavy atom. The lowest BCUT2D eigenvalue weighted by atomic mass is 10.4. The first kappa shape index (κ1) is 9.04. The highest BCUT2D eigenvalue weighted by molar-refractivity contribution is 5.88. The molecular weight excluding hydrogens is 180 g/mol. The number of carbonyl (C=O) groups is 1. The second kappa shape index (κ2) is 3.13. The minimum absolute atomic E-state index is 0.424. The van der Waals surface area contributed by atoms with Crippen LogP contribution in [0.1, 0.15) is 10.5 Å². The van der Waals surface area contributed by atoms with Crippen LogP contribution in [0.5, 0.6) is 5.75 Å². The van der Waals surface area contributed by atoms with E-state index in [1.165, 1.54) is 0 Å². The van der Waals surface area contributed by atoms with Crippen LogP contribution in [0.15, 0.2) is 9.59 Å². The maximum Gasteiger partial charge on any atom is 0.356 e. The van der Waals surface area contributed by atoms with Gasteiger partial charge in [-0.15, -0.1) is 0 Å². The van der Waals surface area contributed by atoms with Gasteiger partial charge in [0.15, 0.2) is 5.69 Å². The number of methoxy groups -OCH3 is 1. The highest BCUT2D eigenvalue weighted by Crippen LogP contribution is 2.05. The van der Waals surface area contributed by atoms with E-state index < -0.39 is 28.7 Å². The second-order valence-electron chi connectivity index (χ2n) is 2.12. The summed E-state index contributed by atoms with van der Waals surface area (Å²) in [6.45, 7) is 0. The van der Waals surface area contributed by atoms with Crippen LogP contribution in [-0.2, 0) is 0 Å². The van der Waals surface area contributed by atoms with Gasteiger partial charge in [0, 0.05) is 0 Å². The number of carboxylic acids is 1. The molecule has 0 spiro atoms. The van der Waals surface area contributed by atoms with Crippen molar-refractivity contribution in [3.63, 3.8) is 0 Å². The Morgan fingerprint density at radius 1 is 1.38 bits per heavy atom. The van der Waals surface area contributed by atoms with E-state index in [9.17, 15) is 14.4 Å². The van der Waals surface area contributed by atoms with Crippen molar-refractivity contribution in [3.8, 4) is 5.75 Å². The molecule has 7 heteroatoms. The molecule has 0 aliphatic rings. The lowest BCUT2D eigenvalue weighted by Gasteiger charge is -2.00. The van der Waals surface area contributed by atoms with Gasteiger partial charge in [-0.25, -0.2) is 9.59 Å². The molecule has 0 fully saturated rings.